The summed E-state index contributed by atoms with van der Waals surface area (Å²) in [7, 11) is 0. The van der Waals surface area contributed by atoms with E-state index in [2.05, 4.69) is 22.8 Å². The zero-order valence-electron chi connectivity index (χ0n) is 14.1. The summed E-state index contributed by atoms with van der Waals surface area (Å²) in [6.45, 7) is 5.92. The number of nitrogens with one attached hydrogen (secondary N) is 2. The van der Waals surface area contributed by atoms with Crippen LogP contribution in [0.1, 0.15) is 25.5 Å². The third kappa shape index (κ3) is 3.63. The van der Waals surface area contributed by atoms with Crippen LogP contribution in [0.15, 0.2) is 48.5 Å². The van der Waals surface area contributed by atoms with Crippen LogP contribution in [0.3, 0.4) is 0 Å². The van der Waals surface area contributed by atoms with Crippen LogP contribution in [0.25, 0.3) is 11.1 Å². The SMILES string of the molecule is CC(NC(=O)C(C)C1CNC1)c1ccccc1-c1ccc(Cl)cc1. The fraction of sp³-hybridized carbons (Fsp3) is 0.350. The molecule has 24 heavy (non-hydrogen) atoms. The molecule has 0 aliphatic carbocycles. The molecule has 2 N–H and O–H groups in total. The first kappa shape index (κ1) is 17.0. The minimum Gasteiger partial charge on any atom is -0.349 e. The van der Waals surface area contributed by atoms with Crippen LogP contribution >= 0.6 is 11.6 Å². The average molecular weight is 343 g/mol. The Morgan fingerprint density at radius 3 is 2.42 bits per heavy atom. The second kappa shape index (κ2) is 7.37. The number of hydrogen-bond acceptors (Lipinski definition) is 2. The minimum atomic E-state index is -0.0418. The summed E-state index contributed by atoms with van der Waals surface area (Å²) in [6, 6.07) is 16.0. The quantitative estimate of drug-likeness (QED) is 0.861. The number of carbonyl (C=O) groups excluding carboxylic acids is 1. The normalized spacial score (nSPS) is 17.0. The molecule has 0 saturated carbocycles. The van der Waals surface area contributed by atoms with E-state index in [1.165, 1.54) is 0 Å². The second-order valence-electron chi connectivity index (χ2n) is 6.53. The van der Waals surface area contributed by atoms with Crippen molar-refractivity contribution in [1.82, 2.24) is 10.6 Å². The van der Waals surface area contributed by atoms with Crippen LogP contribution < -0.4 is 10.6 Å². The molecule has 2 unspecified atom stereocenters. The molecule has 1 amide bonds. The highest BCUT2D eigenvalue weighted by Gasteiger charge is 2.29. The molecule has 1 heterocycles. The van der Waals surface area contributed by atoms with Gasteiger partial charge >= 0.3 is 0 Å². The molecular formula is C20H23ClN2O. The zero-order chi connectivity index (χ0) is 17.1. The summed E-state index contributed by atoms with van der Waals surface area (Å²) in [6.07, 6.45) is 0. The number of benzene rings is 2. The van der Waals surface area contributed by atoms with E-state index in [-0.39, 0.29) is 17.9 Å². The van der Waals surface area contributed by atoms with Gasteiger partial charge < -0.3 is 10.6 Å². The summed E-state index contributed by atoms with van der Waals surface area (Å²) < 4.78 is 0. The molecule has 1 saturated heterocycles. The van der Waals surface area contributed by atoms with Gasteiger partial charge in [-0.15, -0.1) is 0 Å². The van der Waals surface area contributed by atoms with Crippen molar-refractivity contribution in [3.8, 4) is 11.1 Å². The molecule has 4 heteroatoms. The van der Waals surface area contributed by atoms with Gasteiger partial charge in [-0.05, 0) is 54.8 Å². The molecule has 0 aromatic heterocycles. The maximum atomic E-state index is 12.5. The van der Waals surface area contributed by atoms with E-state index < -0.39 is 0 Å². The lowest BCUT2D eigenvalue weighted by atomic mass is 9.88. The Labute approximate surface area is 148 Å². The van der Waals surface area contributed by atoms with E-state index >= 15 is 0 Å². The largest absolute Gasteiger partial charge is 0.349 e. The van der Waals surface area contributed by atoms with Gasteiger partial charge in [-0.2, -0.15) is 0 Å². The first-order chi connectivity index (χ1) is 11.6. The summed E-state index contributed by atoms with van der Waals surface area (Å²) >= 11 is 5.99. The Kier molecular flexibility index (Phi) is 5.22. The first-order valence-electron chi connectivity index (χ1n) is 8.42. The lowest BCUT2D eigenvalue weighted by Gasteiger charge is -2.32. The van der Waals surface area contributed by atoms with E-state index in [1.807, 2.05) is 50.2 Å². The highest BCUT2D eigenvalue weighted by atomic mass is 35.5. The molecule has 0 bridgehead atoms. The summed E-state index contributed by atoms with van der Waals surface area (Å²) in [4.78, 5) is 12.5. The second-order valence-corrected chi connectivity index (χ2v) is 6.97. The van der Waals surface area contributed by atoms with E-state index in [1.54, 1.807) is 0 Å². The van der Waals surface area contributed by atoms with Crippen LogP contribution in [0.5, 0.6) is 0 Å². The molecule has 1 aliphatic rings. The Bertz CT molecular complexity index is 710. The van der Waals surface area contributed by atoms with Crippen molar-refractivity contribution in [3.05, 3.63) is 59.1 Å². The molecule has 3 rings (SSSR count). The molecule has 2 aromatic rings. The summed E-state index contributed by atoms with van der Waals surface area (Å²) in [5, 5.41) is 7.12. The van der Waals surface area contributed by atoms with E-state index in [0.29, 0.717) is 5.92 Å². The molecular weight excluding hydrogens is 320 g/mol. The number of rotatable bonds is 5. The van der Waals surface area contributed by atoms with Gasteiger partial charge in [0.2, 0.25) is 5.91 Å². The van der Waals surface area contributed by atoms with Crippen molar-refractivity contribution >= 4 is 17.5 Å². The number of halogens is 1. The van der Waals surface area contributed by atoms with Gasteiger partial charge in [-0.25, -0.2) is 0 Å². The summed E-state index contributed by atoms with van der Waals surface area (Å²) in [5.41, 5.74) is 3.35. The van der Waals surface area contributed by atoms with Crippen LogP contribution in [0, 0.1) is 11.8 Å². The third-order valence-corrected chi connectivity index (χ3v) is 5.13. The van der Waals surface area contributed by atoms with Crippen molar-refractivity contribution in [3.63, 3.8) is 0 Å². The number of carbonyl (C=O) groups is 1. The van der Waals surface area contributed by atoms with Crippen LogP contribution in [0.4, 0.5) is 0 Å². The Morgan fingerprint density at radius 2 is 1.79 bits per heavy atom. The smallest absolute Gasteiger partial charge is 0.223 e. The maximum Gasteiger partial charge on any atom is 0.223 e. The number of hydrogen-bond donors (Lipinski definition) is 2. The minimum absolute atomic E-state index is 0.0383. The molecule has 2 atom stereocenters. The van der Waals surface area contributed by atoms with Gasteiger partial charge in [0.1, 0.15) is 0 Å². The Morgan fingerprint density at radius 1 is 1.12 bits per heavy atom. The molecule has 2 aromatic carbocycles. The van der Waals surface area contributed by atoms with Crippen LogP contribution in [-0.4, -0.2) is 19.0 Å². The van der Waals surface area contributed by atoms with Crippen molar-refractivity contribution in [2.75, 3.05) is 13.1 Å². The maximum absolute atomic E-state index is 12.5. The van der Waals surface area contributed by atoms with E-state index in [9.17, 15) is 4.79 Å². The lowest BCUT2D eigenvalue weighted by molar-refractivity contribution is -0.127. The summed E-state index contributed by atoms with van der Waals surface area (Å²) in [5.74, 6) is 0.611. The van der Waals surface area contributed by atoms with Crippen LogP contribution in [0.2, 0.25) is 5.02 Å². The fourth-order valence-corrected chi connectivity index (χ4v) is 3.19. The van der Waals surface area contributed by atoms with Crippen LogP contribution in [-0.2, 0) is 4.79 Å². The first-order valence-corrected chi connectivity index (χ1v) is 8.80. The lowest BCUT2D eigenvalue weighted by Crippen LogP contribution is -2.49. The molecule has 0 spiro atoms. The predicted molar refractivity (Wildman–Crippen MR) is 99.0 cm³/mol. The van der Waals surface area contributed by atoms with Gasteiger partial charge in [0.25, 0.3) is 0 Å². The average Bonchev–Trinajstić information content (AvgIpc) is 2.54. The van der Waals surface area contributed by atoms with Gasteiger partial charge in [-0.3, -0.25) is 4.79 Å². The molecule has 126 valence electrons. The van der Waals surface area contributed by atoms with Crippen molar-refractivity contribution in [2.24, 2.45) is 11.8 Å². The van der Waals surface area contributed by atoms with Crippen molar-refractivity contribution < 1.29 is 4.79 Å². The Hall–Kier alpha value is -1.84. The molecule has 0 radical (unpaired) electrons. The van der Waals surface area contributed by atoms with Crippen molar-refractivity contribution in [1.29, 1.82) is 0 Å². The number of amides is 1. The highest BCUT2D eigenvalue weighted by molar-refractivity contribution is 6.30. The monoisotopic (exact) mass is 342 g/mol. The van der Waals surface area contributed by atoms with E-state index in [0.717, 1.165) is 34.8 Å². The Balaban J connectivity index is 1.78. The van der Waals surface area contributed by atoms with Gasteiger partial charge in [0.05, 0.1) is 6.04 Å². The standard InChI is InChI=1S/C20H23ClN2O/c1-13(16-11-22-12-16)20(24)23-14(2)18-5-3-4-6-19(18)15-7-9-17(21)10-8-15/h3-10,13-14,16,22H,11-12H2,1-2H3,(H,23,24). The predicted octanol–water partition coefficient (Wildman–Crippen LogP) is 4.04. The molecule has 3 nitrogen and oxygen atoms in total. The van der Waals surface area contributed by atoms with Gasteiger partial charge in [0.15, 0.2) is 0 Å². The van der Waals surface area contributed by atoms with E-state index in [4.69, 9.17) is 11.6 Å². The van der Waals surface area contributed by atoms with Gasteiger partial charge in [0, 0.05) is 10.9 Å². The van der Waals surface area contributed by atoms with Crippen molar-refractivity contribution in [2.45, 2.75) is 19.9 Å². The third-order valence-electron chi connectivity index (χ3n) is 4.88. The highest BCUT2D eigenvalue weighted by Crippen LogP contribution is 2.29. The fourth-order valence-electron chi connectivity index (χ4n) is 3.07. The zero-order valence-corrected chi connectivity index (χ0v) is 14.8. The molecule has 1 fully saturated rings. The molecule has 1 aliphatic heterocycles. The topological polar surface area (TPSA) is 41.1 Å². The van der Waals surface area contributed by atoms with Gasteiger partial charge in [-0.1, -0.05) is 54.9 Å².